The quantitative estimate of drug-likeness (QED) is 0.444. The maximum Gasteiger partial charge on any atom is 0.248 e. The second-order valence-electron chi connectivity index (χ2n) is 12.4. The van der Waals surface area contributed by atoms with Gasteiger partial charge in [-0.25, -0.2) is 0 Å². The first-order chi connectivity index (χ1) is 17.3. The summed E-state index contributed by atoms with van der Waals surface area (Å²) in [6.45, 7) is 15.1. The Kier molecular flexibility index (Phi) is 6.11. The Morgan fingerprint density at radius 2 is 1.86 bits per heavy atom. The third-order valence-electron chi connectivity index (χ3n) is 10.1. The predicted octanol–water partition coefficient (Wildman–Crippen LogP) is 7.92. The molecule has 0 unspecified atom stereocenters. The van der Waals surface area contributed by atoms with Crippen molar-refractivity contribution in [1.29, 1.82) is 0 Å². The monoisotopic (exact) mass is 515 g/mol. The molecule has 4 aliphatic carbocycles. The van der Waals surface area contributed by atoms with Crippen LogP contribution in [0.15, 0.2) is 63.8 Å². The highest BCUT2D eigenvalue weighted by molar-refractivity contribution is 6.34. The number of hydrogen-bond acceptors (Lipinski definition) is 2. The lowest BCUT2D eigenvalue weighted by Gasteiger charge is -2.60. The van der Waals surface area contributed by atoms with Gasteiger partial charge in [0.2, 0.25) is 5.91 Å². The molecule has 4 aliphatic rings. The van der Waals surface area contributed by atoms with Gasteiger partial charge < -0.3 is 5.73 Å². The lowest BCUT2D eigenvalue weighted by atomic mass is 9.43. The Labute approximate surface area is 226 Å². The van der Waals surface area contributed by atoms with E-state index in [0.29, 0.717) is 5.57 Å². The van der Waals surface area contributed by atoms with Gasteiger partial charge in [0, 0.05) is 32.6 Å². The van der Waals surface area contributed by atoms with Crippen molar-refractivity contribution in [3.8, 4) is 0 Å². The summed E-state index contributed by atoms with van der Waals surface area (Å²) in [5.74, 6) is -0.342. The average Bonchev–Trinajstić information content (AvgIpc) is 2.83. The zero-order valence-electron chi connectivity index (χ0n) is 22.8. The van der Waals surface area contributed by atoms with Gasteiger partial charge in [0.15, 0.2) is 5.78 Å². The van der Waals surface area contributed by atoms with Crippen molar-refractivity contribution < 1.29 is 9.59 Å². The predicted molar refractivity (Wildman–Crippen MR) is 152 cm³/mol. The van der Waals surface area contributed by atoms with Crippen LogP contribution in [0.2, 0.25) is 0 Å². The third-order valence-corrected chi connectivity index (χ3v) is 10.5. The highest BCUT2D eigenvalue weighted by Crippen LogP contribution is 2.67. The lowest BCUT2D eigenvalue weighted by Crippen LogP contribution is -2.53. The van der Waals surface area contributed by atoms with Crippen LogP contribution in [0.4, 0.5) is 0 Å². The van der Waals surface area contributed by atoms with Crippen LogP contribution >= 0.6 is 11.6 Å². The first kappa shape index (κ1) is 26.0. The van der Waals surface area contributed by atoms with Gasteiger partial charge >= 0.3 is 0 Å². The number of carbonyl (C=O) groups is 2. The Bertz CT molecular complexity index is 1390. The molecular formula is C33H38ClNO2. The minimum absolute atomic E-state index is 0.105. The van der Waals surface area contributed by atoms with Crippen molar-refractivity contribution in [2.45, 2.75) is 79.6 Å². The SMILES string of the molecule is C=C1C(C(N)=O)=CC[C@]2(C)C[C@]3(C)Cc4c(/C=C(\Cl)C5=CCCCC5)ccc(C)c4C(=O)C3=C(C)[C@]12C. The van der Waals surface area contributed by atoms with Gasteiger partial charge in [0.25, 0.3) is 0 Å². The van der Waals surface area contributed by atoms with Crippen LogP contribution in [0.1, 0.15) is 93.3 Å². The summed E-state index contributed by atoms with van der Waals surface area (Å²) in [6.07, 6.45) is 13.1. The maximum absolute atomic E-state index is 14.4. The highest BCUT2D eigenvalue weighted by Gasteiger charge is 2.60. The number of amides is 1. The fourth-order valence-corrected chi connectivity index (χ4v) is 8.22. The molecule has 1 aromatic rings. The molecule has 37 heavy (non-hydrogen) atoms. The number of rotatable bonds is 3. The Balaban J connectivity index is 1.69. The van der Waals surface area contributed by atoms with Crippen molar-refractivity contribution in [3.63, 3.8) is 0 Å². The van der Waals surface area contributed by atoms with Crippen molar-refractivity contribution in [3.05, 3.63) is 86.0 Å². The number of ketones is 1. The first-order valence-electron chi connectivity index (χ1n) is 13.5. The molecule has 0 saturated heterocycles. The summed E-state index contributed by atoms with van der Waals surface area (Å²) >= 11 is 6.84. The van der Waals surface area contributed by atoms with E-state index in [-0.39, 0.29) is 16.6 Å². The van der Waals surface area contributed by atoms with Crippen LogP contribution < -0.4 is 5.73 Å². The van der Waals surface area contributed by atoms with Gasteiger partial charge in [0.1, 0.15) is 0 Å². The van der Waals surface area contributed by atoms with E-state index in [1.807, 2.05) is 19.1 Å². The van der Waals surface area contributed by atoms with Crippen LogP contribution in [0.5, 0.6) is 0 Å². The number of fused-ring (bicyclic) bond motifs is 3. The summed E-state index contributed by atoms with van der Waals surface area (Å²) < 4.78 is 0. The van der Waals surface area contributed by atoms with E-state index in [0.717, 1.165) is 76.1 Å². The molecule has 1 amide bonds. The summed E-state index contributed by atoms with van der Waals surface area (Å²) in [5, 5.41) is 0.789. The van der Waals surface area contributed by atoms with Crippen molar-refractivity contribution in [2.24, 2.45) is 22.0 Å². The molecule has 0 saturated carbocycles. The van der Waals surface area contributed by atoms with Gasteiger partial charge in [-0.2, -0.15) is 0 Å². The van der Waals surface area contributed by atoms with Crippen molar-refractivity contribution >= 4 is 29.4 Å². The Morgan fingerprint density at radius 1 is 1.14 bits per heavy atom. The number of Topliss-reactive ketones (excluding diaryl/α,β-unsaturated/α-hetero) is 1. The number of aryl methyl sites for hydroxylation is 1. The lowest BCUT2D eigenvalue weighted by molar-refractivity contribution is -0.114. The molecule has 3 nitrogen and oxygen atoms in total. The highest BCUT2D eigenvalue weighted by atomic mass is 35.5. The third kappa shape index (κ3) is 3.68. The molecule has 4 heteroatoms. The molecule has 0 heterocycles. The average molecular weight is 516 g/mol. The molecular weight excluding hydrogens is 478 g/mol. The number of hydrogen-bond donors (Lipinski definition) is 1. The molecule has 0 spiro atoms. The Hall–Kier alpha value is -2.65. The largest absolute Gasteiger partial charge is 0.366 e. The van der Waals surface area contributed by atoms with Gasteiger partial charge in [-0.15, -0.1) is 0 Å². The van der Waals surface area contributed by atoms with Gasteiger partial charge in [-0.05, 0) is 98.1 Å². The second-order valence-corrected chi connectivity index (χ2v) is 12.8. The Morgan fingerprint density at radius 3 is 2.51 bits per heavy atom. The summed E-state index contributed by atoms with van der Waals surface area (Å²) in [6, 6.07) is 4.17. The molecule has 1 aromatic carbocycles. The first-order valence-corrected chi connectivity index (χ1v) is 13.9. The van der Waals surface area contributed by atoms with E-state index in [2.05, 4.69) is 52.5 Å². The molecule has 2 N–H and O–H groups in total. The maximum atomic E-state index is 14.4. The molecule has 194 valence electrons. The number of nitrogens with two attached hydrogens (primary N) is 1. The minimum Gasteiger partial charge on any atom is -0.366 e. The van der Waals surface area contributed by atoms with Crippen molar-refractivity contribution in [1.82, 2.24) is 0 Å². The van der Waals surface area contributed by atoms with Crippen LogP contribution in [0.3, 0.4) is 0 Å². The van der Waals surface area contributed by atoms with E-state index in [1.165, 1.54) is 18.4 Å². The summed E-state index contributed by atoms with van der Waals surface area (Å²) in [7, 11) is 0. The molecule has 0 bridgehead atoms. The smallest absolute Gasteiger partial charge is 0.248 e. The zero-order chi connectivity index (χ0) is 26.9. The van der Waals surface area contributed by atoms with Gasteiger partial charge in [-0.3, -0.25) is 9.59 Å². The number of carbonyl (C=O) groups excluding carboxylic acids is 2. The summed E-state index contributed by atoms with van der Waals surface area (Å²) in [5.41, 5.74) is 13.0. The van der Waals surface area contributed by atoms with E-state index in [1.54, 1.807) is 0 Å². The molecule has 0 fully saturated rings. The van der Waals surface area contributed by atoms with Crippen LogP contribution in [-0.2, 0) is 11.2 Å². The standard InChI is InChI=1S/C33H38ClNO2/c1-19-12-13-23(16-26(34)22-10-8-7-9-11-22)25-17-31(4)18-32(5)15-14-24(30(35)37)20(2)33(32,6)21(3)28(31)29(36)27(19)25/h10,12-14,16H,2,7-9,11,15,17-18H2,1,3-6H3,(H2,35,37)/b26-16-/t31-,32+,33-/m0/s1. The molecule has 0 radical (unpaired) electrons. The normalized spacial score (nSPS) is 31.8. The zero-order valence-corrected chi connectivity index (χ0v) is 23.6. The van der Waals surface area contributed by atoms with Crippen LogP contribution in [0.25, 0.3) is 6.08 Å². The van der Waals surface area contributed by atoms with E-state index < -0.39 is 11.3 Å². The summed E-state index contributed by atoms with van der Waals surface area (Å²) in [4.78, 5) is 26.7. The number of benzene rings is 1. The van der Waals surface area contributed by atoms with E-state index in [9.17, 15) is 9.59 Å². The van der Waals surface area contributed by atoms with Crippen LogP contribution in [0, 0.1) is 23.2 Å². The minimum atomic E-state index is -0.518. The number of halogens is 1. The molecule has 5 rings (SSSR count). The van der Waals surface area contributed by atoms with E-state index >= 15 is 0 Å². The van der Waals surface area contributed by atoms with Crippen LogP contribution in [-0.4, -0.2) is 11.7 Å². The second kappa shape index (κ2) is 8.70. The fraction of sp³-hybridized carbons (Fsp3) is 0.455. The molecule has 0 aliphatic heterocycles. The molecule has 3 atom stereocenters. The topological polar surface area (TPSA) is 60.2 Å². The van der Waals surface area contributed by atoms with Crippen molar-refractivity contribution in [2.75, 3.05) is 0 Å². The number of primary amides is 1. The number of allylic oxidation sites excluding steroid dienone is 6. The van der Waals surface area contributed by atoms with E-state index in [4.69, 9.17) is 17.3 Å². The van der Waals surface area contributed by atoms with Gasteiger partial charge in [-0.1, -0.05) is 68.8 Å². The van der Waals surface area contributed by atoms with Gasteiger partial charge in [0.05, 0.1) is 0 Å². The fourth-order valence-electron chi connectivity index (χ4n) is 7.94. The molecule has 0 aromatic heterocycles.